The number of hydrogen-bond acceptors (Lipinski definition) is 4. The average molecular weight is 437 g/mol. The van der Waals surface area contributed by atoms with Gasteiger partial charge in [0.05, 0.1) is 0 Å². The fourth-order valence-electron chi connectivity index (χ4n) is 2.58. The molecular formula is C18H20IN3O2. The normalized spacial score (nSPS) is 15.8. The van der Waals surface area contributed by atoms with Gasteiger partial charge in [0, 0.05) is 43.6 Å². The molecule has 3 rings (SSSR count). The number of rotatable bonds is 4. The van der Waals surface area contributed by atoms with Crippen molar-refractivity contribution in [3.05, 3.63) is 52.0 Å². The van der Waals surface area contributed by atoms with Crippen molar-refractivity contribution in [2.75, 3.05) is 43.4 Å². The van der Waals surface area contributed by atoms with Crippen LogP contribution in [0.3, 0.4) is 0 Å². The molecule has 0 saturated carbocycles. The summed E-state index contributed by atoms with van der Waals surface area (Å²) in [5.41, 5.74) is 1.98. The van der Waals surface area contributed by atoms with Crippen LogP contribution in [-0.4, -0.2) is 44.0 Å². The van der Waals surface area contributed by atoms with Crippen LogP contribution >= 0.6 is 22.6 Å². The number of anilines is 2. The van der Waals surface area contributed by atoms with Crippen LogP contribution in [0.25, 0.3) is 6.08 Å². The van der Waals surface area contributed by atoms with Crippen molar-refractivity contribution in [1.29, 1.82) is 0 Å². The Morgan fingerprint density at radius 2 is 1.83 bits per heavy atom. The molecule has 1 N–H and O–H groups in total. The third-order valence-corrected chi connectivity index (χ3v) is 4.58. The highest BCUT2D eigenvalue weighted by atomic mass is 127. The lowest BCUT2D eigenvalue weighted by molar-refractivity contribution is -0.111. The van der Waals surface area contributed by atoms with E-state index in [1.165, 1.54) is 11.8 Å². The van der Waals surface area contributed by atoms with Gasteiger partial charge in [0.25, 0.3) is 0 Å². The van der Waals surface area contributed by atoms with Gasteiger partial charge in [0.1, 0.15) is 5.76 Å². The number of furan rings is 1. The highest BCUT2D eigenvalue weighted by Gasteiger charge is 2.13. The summed E-state index contributed by atoms with van der Waals surface area (Å²) >= 11 is 2.09. The van der Waals surface area contributed by atoms with E-state index in [2.05, 4.69) is 56.9 Å². The summed E-state index contributed by atoms with van der Waals surface area (Å²) < 4.78 is 6.18. The summed E-state index contributed by atoms with van der Waals surface area (Å²) in [4.78, 5) is 16.7. The Hall–Kier alpha value is -1.80. The number of likely N-dealkylation sites (N-methyl/N-ethyl adjacent to an activating group) is 1. The molecule has 126 valence electrons. The van der Waals surface area contributed by atoms with E-state index < -0.39 is 0 Å². The molecule has 1 amide bonds. The van der Waals surface area contributed by atoms with Crippen molar-refractivity contribution in [2.24, 2.45) is 0 Å². The van der Waals surface area contributed by atoms with Gasteiger partial charge in [-0.05, 0) is 72.1 Å². The van der Waals surface area contributed by atoms with Crippen LogP contribution in [0.1, 0.15) is 5.76 Å². The van der Waals surface area contributed by atoms with Crippen LogP contribution in [0.4, 0.5) is 11.4 Å². The lowest BCUT2D eigenvalue weighted by Crippen LogP contribution is -2.44. The lowest BCUT2D eigenvalue weighted by atomic mass is 10.2. The number of carbonyl (C=O) groups is 1. The summed E-state index contributed by atoms with van der Waals surface area (Å²) in [5, 5.41) is 2.86. The molecule has 0 aliphatic carbocycles. The number of carbonyl (C=O) groups excluding carboxylic acids is 1. The van der Waals surface area contributed by atoms with Crippen molar-refractivity contribution in [3.8, 4) is 0 Å². The van der Waals surface area contributed by atoms with Crippen molar-refractivity contribution in [3.63, 3.8) is 0 Å². The molecule has 6 heteroatoms. The Bertz CT molecular complexity index is 716. The largest absolute Gasteiger partial charge is 0.451 e. The van der Waals surface area contributed by atoms with E-state index in [1.807, 2.05) is 24.3 Å². The van der Waals surface area contributed by atoms with E-state index in [0.29, 0.717) is 5.76 Å². The molecule has 5 nitrogen and oxygen atoms in total. The first kappa shape index (κ1) is 17.0. The van der Waals surface area contributed by atoms with Crippen LogP contribution in [0.15, 0.2) is 46.9 Å². The van der Waals surface area contributed by atoms with Crippen LogP contribution in [-0.2, 0) is 4.79 Å². The fraction of sp³-hybridized carbons (Fsp3) is 0.278. The summed E-state index contributed by atoms with van der Waals surface area (Å²) in [7, 11) is 2.15. The first-order valence-electron chi connectivity index (χ1n) is 7.88. The standard InChI is InChI=1S/C18H20IN3O2/c1-21-10-12-22(13-11-21)15-4-2-14(3-5-15)20-18(23)9-7-16-6-8-17(19)24-16/h2-9H,10-13H2,1H3,(H,20,23)/b9-7+. The molecule has 0 spiro atoms. The summed E-state index contributed by atoms with van der Waals surface area (Å²) in [6, 6.07) is 11.7. The molecule has 1 aliphatic heterocycles. The van der Waals surface area contributed by atoms with E-state index in [-0.39, 0.29) is 5.91 Å². The van der Waals surface area contributed by atoms with Crippen LogP contribution in [0.2, 0.25) is 0 Å². The molecular weight excluding hydrogens is 417 g/mol. The van der Waals surface area contributed by atoms with Crippen LogP contribution in [0.5, 0.6) is 0 Å². The Kier molecular flexibility index (Phi) is 5.57. The molecule has 1 aromatic heterocycles. The van der Waals surface area contributed by atoms with Crippen molar-refractivity contribution < 1.29 is 9.21 Å². The predicted molar refractivity (Wildman–Crippen MR) is 105 cm³/mol. The molecule has 2 aromatic rings. The van der Waals surface area contributed by atoms with Gasteiger partial charge in [0.15, 0.2) is 3.77 Å². The summed E-state index contributed by atoms with van der Waals surface area (Å²) in [5.74, 6) is 0.494. The SMILES string of the molecule is CN1CCN(c2ccc(NC(=O)/C=C/c3ccc(I)o3)cc2)CC1. The Morgan fingerprint density at radius 1 is 1.12 bits per heavy atom. The van der Waals surface area contributed by atoms with Gasteiger partial charge >= 0.3 is 0 Å². The molecule has 1 saturated heterocycles. The second-order valence-electron chi connectivity index (χ2n) is 5.80. The maximum absolute atomic E-state index is 12.0. The van der Waals surface area contributed by atoms with Crippen molar-refractivity contribution in [1.82, 2.24) is 4.90 Å². The molecule has 24 heavy (non-hydrogen) atoms. The monoisotopic (exact) mass is 437 g/mol. The topological polar surface area (TPSA) is 48.7 Å². The third kappa shape index (κ3) is 4.61. The number of piperazine rings is 1. The molecule has 1 aromatic carbocycles. The number of amides is 1. The molecule has 1 fully saturated rings. The maximum atomic E-state index is 12.0. The zero-order chi connectivity index (χ0) is 16.9. The van der Waals surface area contributed by atoms with Gasteiger partial charge in [-0.3, -0.25) is 4.79 Å². The molecule has 1 aliphatic rings. The number of halogens is 1. The van der Waals surface area contributed by atoms with Crippen LogP contribution < -0.4 is 10.2 Å². The predicted octanol–water partition coefficient (Wildman–Crippen LogP) is 3.29. The second-order valence-corrected chi connectivity index (χ2v) is 6.86. The quantitative estimate of drug-likeness (QED) is 0.590. The first-order chi connectivity index (χ1) is 11.6. The Labute approximate surface area is 155 Å². The average Bonchev–Trinajstić information content (AvgIpc) is 3.00. The Morgan fingerprint density at radius 3 is 2.46 bits per heavy atom. The minimum Gasteiger partial charge on any atom is -0.451 e. The minimum absolute atomic E-state index is 0.172. The van der Waals surface area contributed by atoms with E-state index in [4.69, 9.17) is 4.42 Å². The number of benzene rings is 1. The van der Waals surface area contributed by atoms with Gasteiger partial charge in [-0.1, -0.05) is 0 Å². The summed E-state index contributed by atoms with van der Waals surface area (Å²) in [6.07, 6.45) is 3.14. The number of hydrogen-bond donors (Lipinski definition) is 1. The van der Waals surface area contributed by atoms with Gasteiger partial charge in [0.2, 0.25) is 5.91 Å². The summed E-state index contributed by atoms with van der Waals surface area (Å²) in [6.45, 7) is 4.23. The zero-order valence-electron chi connectivity index (χ0n) is 13.5. The van der Waals surface area contributed by atoms with E-state index >= 15 is 0 Å². The number of nitrogens with zero attached hydrogens (tertiary/aromatic N) is 2. The molecule has 2 heterocycles. The van der Waals surface area contributed by atoms with Gasteiger partial charge in [-0.25, -0.2) is 0 Å². The minimum atomic E-state index is -0.172. The van der Waals surface area contributed by atoms with Crippen molar-refractivity contribution >= 4 is 45.9 Å². The van der Waals surface area contributed by atoms with Crippen LogP contribution in [0, 0.1) is 3.77 Å². The smallest absolute Gasteiger partial charge is 0.248 e. The van der Waals surface area contributed by atoms with Gasteiger partial charge < -0.3 is 19.5 Å². The molecule has 0 unspecified atom stereocenters. The highest BCUT2D eigenvalue weighted by molar-refractivity contribution is 14.1. The Balaban J connectivity index is 1.55. The van der Waals surface area contributed by atoms with E-state index in [0.717, 1.165) is 35.6 Å². The first-order valence-corrected chi connectivity index (χ1v) is 8.96. The van der Waals surface area contributed by atoms with Crippen molar-refractivity contribution in [2.45, 2.75) is 0 Å². The molecule has 0 atom stereocenters. The molecule has 0 bridgehead atoms. The third-order valence-electron chi connectivity index (χ3n) is 4.00. The van der Waals surface area contributed by atoms with E-state index in [1.54, 1.807) is 6.08 Å². The maximum Gasteiger partial charge on any atom is 0.248 e. The second kappa shape index (κ2) is 7.85. The zero-order valence-corrected chi connectivity index (χ0v) is 15.7. The number of nitrogens with one attached hydrogen (secondary N) is 1. The fourth-order valence-corrected chi connectivity index (χ4v) is 3.01. The molecule has 0 radical (unpaired) electrons. The van der Waals surface area contributed by atoms with Gasteiger partial charge in [-0.15, -0.1) is 0 Å². The van der Waals surface area contributed by atoms with E-state index in [9.17, 15) is 4.79 Å². The van der Waals surface area contributed by atoms with Gasteiger partial charge in [-0.2, -0.15) is 0 Å². The highest BCUT2D eigenvalue weighted by Crippen LogP contribution is 2.19. The lowest BCUT2D eigenvalue weighted by Gasteiger charge is -2.34.